The van der Waals surface area contributed by atoms with Gasteiger partial charge in [0.1, 0.15) is 0 Å². The first kappa shape index (κ1) is 17.8. The van der Waals surface area contributed by atoms with Crippen molar-refractivity contribution in [3.05, 3.63) is 95.6 Å². The minimum absolute atomic E-state index is 0.0414. The van der Waals surface area contributed by atoms with Crippen LogP contribution in [0.25, 0.3) is 0 Å². The Bertz CT molecular complexity index is 834. The minimum Gasteiger partial charge on any atom is -0.295 e. The topological polar surface area (TPSA) is 24.7 Å². The van der Waals surface area contributed by atoms with E-state index >= 15 is 0 Å². The van der Waals surface area contributed by atoms with E-state index in [4.69, 9.17) is 0 Å². The second-order valence-electron chi connectivity index (χ2n) is 7.22. The smallest absolute Gasteiger partial charge is 0.0538 e. The molecule has 0 saturated carbocycles. The Kier molecular flexibility index (Phi) is 5.43. The van der Waals surface area contributed by atoms with Crippen LogP contribution in [0.3, 0.4) is 0 Å². The molecule has 3 rings (SSSR count). The molecule has 0 amide bonds. The van der Waals surface area contributed by atoms with Gasteiger partial charge in [-0.15, -0.1) is 34.9 Å². The lowest BCUT2D eigenvalue weighted by atomic mass is 9.85. The summed E-state index contributed by atoms with van der Waals surface area (Å²) < 4.78 is 0. The van der Waals surface area contributed by atoms with Crippen LogP contribution in [0.4, 0.5) is 11.4 Å². The molecule has 0 fully saturated rings. The molecular formula is C24H23N2-. The van der Waals surface area contributed by atoms with Gasteiger partial charge in [-0.1, -0.05) is 57.2 Å². The highest BCUT2D eigenvalue weighted by Gasteiger charge is 2.11. The predicted molar refractivity (Wildman–Crippen MR) is 111 cm³/mol. The number of benzene rings is 3. The van der Waals surface area contributed by atoms with Crippen LogP contribution in [0.15, 0.2) is 82.8 Å². The molecule has 0 bridgehead atoms. The summed E-state index contributed by atoms with van der Waals surface area (Å²) in [6.45, 7) is 6.62. The largest absolute Gasteiger partial charge is 0.295 e. The number of para-hydroxylation sites is 2. The monoisotopic (exact) mass is 339 g/mol. The van der Waals surface area contributed by atoms with Crippen molar-refractivity contribution in [3.8, 4) is 0 Å². The summed E-state index contributed by atoms with van der Waals surface area (Å²) in [6.07, 6.45) is 3.73. The highest BCUT2D eigenvalue weighted by molar-refractivity contribution is 5.88. The SMILES string of the molecule is CC(C)(C)c1cc(C=Nc2ccccc2)[c-]c(C=Nc2ccccc2)c1. The Hall–Kier alpha value is -3.00. The van der Waals surface area contributed by atoms with Crippen LogP contribution >= 0.6 is 0 Å². The zero-order chi connectivity index (χ0) is 18.4. The van der Waals surface area contributed by atoms with E-state index in [1.165, 1.54) is 5.56 Å². The first-order chi connectivity index (χ1) is 12.5. The lowest BCUT2D eigenvalue weighted by Crippen LogP contribution is -2.12. The van der Waals surface area contributed by atoms with Gasteiger partial charge in [0.25, 0.3) is 0 Å². The molecule has 0 aliphatic carbocycles. The maximum absolute atomic E-state index is 4.56. The summed E-state index contributed by atoms with van der Waals surface area (Å²) in [6, 6.07) is 27.6. The fourth-order valence-corrected chi connectivity index (χ4v) is 2.50. The molecule has 3 aromatic carbocycles. The summed E-state index contributed by atoms with van der Waals surface area (Å²) in [7, 11) is 0. The van der Waals surface area contributed by atoms with E-state index in [1.54, 1.807) is 0 Å². The third-order valence-corrected chi connectivity index (χ3v) is 3.99. The van der Waals surface area contributed by atoms with Crippen molar-refractivity contribution < 1.29 is 0 Å². The fraction of sp³-hybridized carbons (Fsp3) is 0.167. The van der Waals surface area contributed by atoms with Crippen molar-refractivity contribution in [1.29, 1.82) is 0 Å². The normalized spacial score (nSPS) is 12.1. The molecule has 0 radical (unpaired) electrons. The van der Waals surface area contributed by atoms with Crippen LogP contribution in [0, 0.1) is 6.07 Å². The van der Waals surface area contributed by atoms with E-state index in [-0.39, 0.29) is 5.41 Å². The van der Waals surface area contributed by atoms with E-state index in [2.05, 4.69) is 49.0 Å². The van der Waals surface area contributed by atoms with Gasteiger partial charge < -0.3 is 0 Å². The van der Waals surface area contributed by atoms with Crippen molar-refractivity contribution in [2.75, 3.05) is 0 Å². The number of hydrogen-bond acceptors (Lipinski definition) is 2. The molecule has 130 valence electrons. The predicted octanol–water partition coefficient (Wildman–Crippen LogP) is 6.29. The average Bonchev–Trinajstić information content (AvgIpc) is 2.66. The molecule has 0 unspecified atom stereocenters. The van der Waals surface area contributed by atoms with E-state index in [0.29, 0.717) is 0 Å². The molecule has 3 aromatic rings. The zero-order valence-electron chi connectivity index (χ0n) is 15.5. The summed E-state index contributed by atoms with van der Waals surface area (Å²) >= 11 is 0. The molecule has 0 N–H and O–H groups in total. The molecule has 2 nitrogen and oxygen atoms in total. The Balaban J connectivity index is 1.94. The zero-order valence-corrected chi connectivity index (χ0v) is 15.5. The molecule has 0 aliphatic rings. The van der Waals surface area contributed by atoms with E-state index in [1.807, 2.05) is 73.1 Å². The van der Waals surface area contributed by atoms with Crippen LogP contribution < -0.4 is 0 Å². The number of nitrogens with zero attached hydrogens (tertiary/aromatic N) is 2. The van der Waals surface area contributed by atoms with Crippen molar-refractivity contribution in [2.45, 2.75) is 26.2 Å². The third-order valence-electron chi connectivity index (χ3n) is 3.99. The van der Waals surface area contributed by atoms with Gasteiger partial charge >= 0.3 is 0 Å². The fourth-order valence-electron chi connectivity index (χ4n) is 2.50. The Morgan fingerprint density at radius 1 is 0.692 bits per heavy atom. The van der Waals surface area contributed by atoms with Gasteiger partial charge in [0.05, 0.1) is 11.4 Å². The highest BCUT2D eigenvalue weighted by atomic mass is 14.7. The highest BCUT2D eigenvalue weighted by Crippen LogP contribution is 2.24. The van der Waals surface area contributed by atoms with Gasteiger partial charge in [-0.05, 0) is 42.1 Å². The van der Waals surface area contributed by atoms with Crippen LogP contribution in [0.1, 0.15) is 37.5 Å². The molecule has 0 aromatic heterocycles. The number of hydrogen-bond donors (Lipinski definition) is 0. The molecule has 0 heterocycles. The molecule has 0 aliphatic heterocycles. The van der Waals surface area contributed by atoms with E-state index < -0.39 is 0 Å². The van der Waals surface area contributed by atoms with E-state index in [9.17, 15) is 0 Å². The lowest BCUT2D eigenvalue weighted by molar-refractivity contribution is 0.590. The first-order valence-electron chi connectivity index (χ1n) is 8.77. The van der Waals surface area contributed by atoms with Gasteiger partial charge in [0.2, 0.25) is 0 Å². The summed E-state index contributed by atoms with van der Waals surface area (Å²) in [5, 5.41) is 0. The standard InChI is InChI=1S/C24H23N2/c1-24(2,3)21-15-19(17-25-22-10-6-4-7-11-22)14-20(16-21)18-26-23-12-8-5-9-13-23/h4-13,15-18H,1-3H3/q-1. The van der Waals surface area contributed by atoms with Gasteiger partial charge in [0.15, 0.2) is 0 Å². The molecule has 2 heteroatoms. The summed E-state index contributed by atoms with van der Waals surface area (Å²) in [4.78, 5) is 9.12. The average molecular weight is 339 g/mol. The number of aliphatic imine (C=N–C) groups is 2. The Morgan fingerprint density at radius 3 is 1.50 bits per heavy atom. The minimum atomic E-state index is 0.0414. The molecule has 0 spiro atoms. The van der Waals surface area contributed by atoms with Gasteiger partial charge in [-0.25, -0.2) is 0 Å². The van der Waals surface area contributed by atoms with Crippen LogP contribution in [-0.2, 0) is 5.41 Å². The van der Waals surface area contributed by atoms with Crippen molar-refractivity contribution >= 4 is 23.8 Å². The van der Waals surface area contributed by atoms with Crippen molar-refractivity contribution in [3.63, 3.8) is 0 Å². The lowest BCUT2D eigenvalue weighted by Gasteiger charge is -2.24. The second kappa shape index (κ2) is 7.92. The maximum Gasteiger partial charge on any atom is 0.0538 e. The van der Waals surface area contributed by atoms with Crippen molar-refractivity contribution in [1.82, 2.24) is 0 Å². The second-order valence-corrected chi connectivity index (χ2v) is 7.22. The van der Waals surface area contributed by atoms with Gasteiger partial charge in [0, 0.05) is 0 Å². The number of rotatable bonds is 4. The first-order valence-corrected chi connectivity index (χ1v) is 8.77. The third kappa shape index (κ3) is 5.00. The van der Waals surface area contributed by atoms with Crippen LogP contribution in [0.2, 0.25) is 0 Å². The Labute approximate surface area is 156 Å². The quantitative estimate of drug-likeness (QED) is 0.394. The van der Waals surface area contributed by atoms with Crippen LogP contribution in [-0.4, -0.2) is 12.4 Å². The summed E-state index contributed by atoms with van der Waals surface area (Å²) in [5.41, 5.74) is 5.05. The molecule has 0 atom stereocenters. The summed E-state index contributed by atoms with van der Waals surface area (Å²) in [5.74, 6) is 0. The maximum atomic E-state index is 4.56. The molecule has 0 saturated heterocycles. The molecule has 26 heavy (non-hydrogen) atoms. The van der Waals surface area contributed by atoms with Crippen molar-refractivity contribution in [2.24, 2.45) is 9.98 Å². The van der Waals surface area contributed by atoms with Gasteiger partial charge in [-0.3, -0.25) is 9.98 Å². The van der Waals surface area contributed by atoms with Crippen LogP contribution in [0.5, 0.6) is 0 Å². The molecular weight excluding hydrogens is 316 g/mol. The Morgan fingerprint density at radius 2 is 1.12 bits per heavy atom. The van der Waals surface area contributed by atoms with Gasteiger partial charge in [-0.2, -0.15) is 0 Å². The van der Waals surface area contributed by atoms with E-state index in [0.717, 1.165) is 22.5 Å².